The number of carbonyl (C=O) groups excluding carboxylic acids is 1. The van der Waals surface area contributed by atoms with Crippen LogP contribution in [0.2, 0.25) is 0 Å². The molecule has 1 rings (SSSR count). The first kappa shape index (κ1) is 9.83. The van der Waals surface area contributed by atoms with Crippen molar-refractivity contribution in [3.63, 3.8) is 0 Å². The van der Waals surface area contributed by atoms with Crippen LogP contribution < -0.4 is 5.73 Å². The van der Waals surface area contributed by atoms with Crippen molar-refractivity contribution < 1.29 is 14.7 Å². The molecule has 1 aliphatic rings. The molecule has 0 saturated carbocycles. The van der Waals surface area contributed by atoms with Gasteiger partial charge in [-0.3, -0.25) is 4.79 Å². The summed E-state index contributed by atoms with van der Waals surface area (Å²) < 4.78 is 0. The Hall–Kier alpha value is -1.26. The molecular weight excluding hydrogens is 172 g/mol. The number of carboxylic acid groups (broad SMARTS) is 1. The van der Waals surface area contributed by atoms with Crippen LogP contribution in [0.25, 0.3) is 0 Å². The van der Waals surface area contributed by atoms with E-state index >= 15 is 0 Å². The van der Waals surface area contributed by atoms with Crippen molar-refractivity contribution in [2.45, 2.75) is 25.8 Å². The molecule has 2 amide bonds. The van der Waals surface area contributed by atoms with Gasteiger partial charge in [-0.05, 0) is 19.8 Å². The van der Waals surface area contributed by atoms with E-state index in [2.05, 4.69) is 0 Å². The van der Waals surface area contributed by atoms with Crippen LogP contribution in [-0.4, -0.2) is 34.6 Å². The van der Waals surface area contributed by atoms with Crippen molar-refractivity contribution in [2.75, 3.05) is 6.54 Å². The molecule has 1 fully saturated rings. The fraction of sp³-hybridized carbons (Fsp3) is 0.750. The number of amides is 2. The average molecular weight is 186 g/mol. The molecule has 5 heteroatoms. The molecular formula is C8H14N2O3. The monoisotopic (exact) mass is 186 g/mol. The third-order valence-electron chi connectivity index (χ3n) is 2.53. The molecule has 5 nitrogen and oxygen atoms in total. The quantitative estimate of drug-likeness (QED) is 0.615. The van der Waals surface area contributed by atoms with Crippen LogP contribution in [0.3, 0.4) is 0 Å². The van der Waals surface area contributed by atoms with Crippen LogP contribution in [0.4, 0.5) is 4.79 Å². The van der Waals surface area contributed by atoms with E-state index < -0.39 is 12.0 Å². The van der Waals surface area contributed by atoms with Gasteiger partial charge >= 0.3 is 6.09 Å². The number of nitrogens with zero attached hydrogens (tertiary/aromatic N) is 1. The summed E-state index contributed by atoms with van der Waals surface area (Å²) in [5.41, 5.74) is 5.12. The molecule has 0 radical (unpaired) electrons. The third kappa shape index (κ3) is 2.11. The van der Waals surface area contributed by atoms with E-state index in [0.717, 1.165) is 0 Å². The van der Waals surface area contributed by atoms with Gasteiger partial charge in [0.25, 0.3) is 0 Å². The zero-order valence-electron chi connectivity index (χ0n) is 7.56. The Morgan fingerprint density at radius 2 is 2.08 bits per heavy atom. The minimum atomic E-state index is -0.974. The van der Waals surface area contributed by atoms with Crippen LogP contribution >= 0.6 is 0 Å². The number of likely N-dealkylation sites (tertiary alicyclic amines) is 1. The highest BCUT2D eigenvalue weighted by molar-refractivity contribution is 5.78. The standard InChI is InChI=1S/C8H14N2O3/c1-5-2-3-6(7(9)11)4-10(5)8(12)13/h5-6H,2-4H2,1H3,(H2,9,11)(H,12,13). The van der Waals surface area contributed by atoms with Crippen LogP contribution in [0, 0.1) is 5.92 Å². The molecule has 1 heterocycles. The highest BCUT2D eigenvalue weighted by Gasteiger charge is 2.31. The predicted octanol–water partition coefficient (Wildman–Crippen LogP) is 0.250. The SMILES string of the molecule is CC1CCC(C(N)=O)CN1C(=O)O. The minimum absolute atomic E-state index is 0.00639. The van der Waals surface area contributed by atoms with Crippen molar-refractivity contribution >= 4 is 12.0 Å². The normalized spacial score (nSPS) is 28.5. The van der Waals surface area contributed by atoms with E-state index in [4.69, 9.17) is 10.8 Å². The first-order valence-corrected chi connectivity index (χ1v) is 4.31. The van der Waals surface area contributed by atoms with E-state index in [9.17, 15) is 9.59 Å². The van der Waals surface area contributed by atoms with Gasteiger partial charge < -0.3 is 15.7 Å². The van der Waals surface area contributed by atoms with Gasteiger partial charge in [-0.2, -0.15) is 0 Å². The molecule has 0 aliphatic carbocycles. The number of piperidine rings is 1. The van der Waals surface area contributed by atoms with E-state index in [1.54, 1.807) is 0 Å². The summed E-state index contributed by atoms with van der Waals surface area (Å²) in [5.74, 6) is -0.717. The Balaban J connectivity index is 2.63. The summed E-state index contributed by atoms with van der Waals surface area (Å²) in [6.45, 7) is 2.08. The Kier molecular flexibility index (Phi) is 2.75. The number of rotatable bonds is 1. The van der Waals surface area contributed by atoms with Crippen LogP contribution in [0.15, 0.2) is 0 Å². The van der Waals surface area contributed by atoms with Gasteiger partial charge in [-0.15, -0.1) is 0 Å². The maximum atomic E-state index is 10.8. The van der Waals surface area contributed by atoms with Gasteiger partial charge in [0.05, 0.1) is 5.92 Å². The zero-order valence-corrected chi connectivity index (χ0v) is 7.56. The number of hydrogen-bond donors (Lipinski definition) is 2. The van der Waals surface area contributed by atoms with E-state index in [1.165, 1.54) is 4.90 Å². The Labute approximate surface area is 76.5 Å². The van der Waals surface area contributed by atoms with Crippen molar-refractivity contribution in [1.29, 1.82) is 0 Å². The number of carbonyl (C=O) groups is 2. The van der Waals surface area contributed by atoms with Crippen LogP contribution in [0.1, 0.15) is 19.8 Å². The lowest BCUT2D eigenvalue weighted by Gasteiger charge is -2.34. The molecule has 0 aromatic rings. The van der Waals surface area contributed by atoms with E-state index in [1.807, 2.05) is 6.92 Å². The molecule has 2 unspecified atom stereocenters. The predicted molar refractivity (Wildman–Crippen MR) is 46.1 cm³/mol. The largest absolute Gasteiger partial charge is 0.465 e. The summed E-state index contributed by atoms with van der Waals surface area (Å²) >= 11 is 0. The fourth-order valence-corrected chi connectivity index (χ4v) is 1.61. The number of hydrogen-bond acceptors (Lipinski definition) is 2. The maximum Gasteiger partial charge on any atom is 0.407 e. The Bertz CT molecular complexity index is 229. The smallest absolute Gasteiger partial charge is 0.407 e. The summed E-state index contributed by atoms with van der Waals surface area (Å²) in [6, 6.07) is -0.00639. The molecule has 0 aromatic heterocycles. The van der Waals surface area contributed by atoms with E-state index in [0.29, 0.717) is 12.8 Å². The van der Waals surface area contributed by atoms with Crippen molar-refractivity contribution in [3.05, 3.63) is 0 Å². The lowest BCUT2D eigenvalue weighted by molar-refractivity contribution is -0.123. The van der Waals surface area contributed by atoms with Gasteiger partial charge in [0.15, 0.2) is 0 Å². The van der Waals surface area contributed by atoms with Crippen molar-refractivity contribution in [3.8, 4) is 0 Å². The maximum absolute atomic E-state index is 10.8. The Morgan fingerprint density at radius 1 is 1.46 bits per heavy atom. The highest BCUT2D eigenvalue weighted by atomic mass is 16.4. The first-order chi connectivity index (χ1) is 6.02. The second kappa shape index (κ2) is 3.64. The average Bonchev–Trinajstić information content (AvgIpc) is 2.04. The highest BCUT2D eigenvalue weighted by Crippen LogP contribution is 2.21. The minimum Gasteiger partial charge on any atom is -0.465 e. The fourth-order valence-electron chi connectivity index (χ4n) is 1.61. The second-order valence-corrected chi connectivity index (χ2v) is 3.46. The molecule has 2 atom stereocenters. The molecule has 3 N–H and O–H groups in total. The topological polar surface area (TPSA) is 83.6 Å². The van der Waals surface area contributed by atoms with Crippen LogP contribution in [-0.2, 0) is 4.79 Å². The van der Waals surface area contributed by atoms with Gasteiger partial charge in [-0.25, -0.2) is 4.79 Å². The van der Waals surface area contributed by atoms with Gasteiger partial charge in [0, 0.05) is 12.6 Å². The third-order valence-corrected chi connectivity index (χ3v) is 2.53. The molecule has 13 heavy (non-hydrogen) atoms. The first-order valence-electron chi connectivity index (χ1n) is 4.31. The van der Waals surface area contributed by atoms with Gasteiger partial charge in [0.2, 0.25) is 5.91 Å². The molecule has 0 spiro atoms. The van der Waals surface area contributed by atoms with Crippen molar-refractivity contribution in [2.24, 2.45) is 11.7 Å². The zero-order chi connectivity index (χ0) is 10.0. The van der Waals surface area contributed by atoms with Crippen molar-refractivity contribution in [1.82, 2.24) is 4.90 Å². The molecule has 0 bridgehead atoms. The lowest BCUT2D eigenvalue weighted by Crippen LogP contribution is -2.48. The molecule has 0 aromatic carbocycles. The second-order valence-electron chi connectivity index (χ2n) is 3.46. The molecule has 74 valence electrons. The summed E-state index contributed by atoms with van der Waals surface area (Å²) in [7, 11) is 0. The molecule has 1 saturated heterocycles. The number of primary amides is 1. The Morgan fingerprint density at radius 3 is 2.54 bits per heavy atom. The summed E-state index contributed by atoms with van der Waals surface area (Å²) in [6.07, 6.45) is 0.429. The van der Waals surface area contributed by atoms with Gasteiger partial charge in [-0.1, -0.05) is 0 Å². The summed E-state index contributed by atoms with van der Waals surface area (Å²) in [5, 5.41) is 8.78. The molecule has 1 aliphatic heterocycles. The number of nitrogens with two attached hydrogens (primary N) is 1. The van der Waals surface area contributed by atoms with E-state index in [-0.39, 0.29) is 18.5 Å². The van der Waals surface area contributed by atoms with Gasteiger partial charge in [0.1, 0.15) is 0 Å². The summed E-state index contributed by atoms with van der Waals surface area (Å²) in [4.78, 5) is 22.8. The lowest BCUT2D eigenvalue weighted by atomic mass is 9.93. The van der Waals surface area contributed by atoms with Crippen LogP contribution in [0.5, 0.6) is 0 Å².